The molecule has 0 aromatic heterocycles. The van der Waals surface area contributed by atoms with Gasteiger partial charge in [0.2, 0.25) is 0 Å². The van der Waals surface area contributed by atoms with E-state index in [4.69, 9.17) is 9.88 Å². The zero-order valence-electron chi connectivity index (χ0n) is 9.13. The molecule has 0 aliphatic carbocycles. The van der Waals surface area contributed by atoms with Crippen LogP contribution in [0.5, 0.6) is 5.75 Å². The molecule has 14 heavy (non-hydrogen) atoms. The molecule has 1 aromatic carbocycles. The van der Waals surface area contributed by atoms with E-state index in [1.165, 1.54) is 11.9 Å². The zero-order chi connectivity index (χ0) is 11.0. The van der Waals surface area contributed by atoms with Gasteiger partial charge in [-0.25, -0.2) is 0 Å². The molecule has 0 aliphatic heterocycles. The third-order valence-electron chi connectivity index (χ3n) is 1.58. The van der Waals surface area contributed by atoms with Crippen LogP contribution in [0, 0.1) is 0 Å². The van der Waals surface area contributed by atoms with Crippen molar-refractivity contribution < 1.29 is 4.74 Å². The molecule has 0 amide bonds. The van der Waals surface area contributed by atoms with Gasteiger partial charge in [0.05, 0.1) is 12.8 Å². The van der Waals surface area contributed by atoms with E-state index in [1.54, 1.807) is 7.11 Å². The second kappa shape index (κ2) is 7.53. The number of benzene rings is 1. The van der Waals surface area contributed by atoms with Crippen molar-refractivity contribution in [3.63, 3.8) is 0 Å². The zero-order valence-corrected chi connectivity index (χ0v) is 9.94. The maximum atomic E-state index is 5.41. The molecule has 80 valence electrons. The molecule has 0 unspecified atom stereocenters. The van der Waals surface area contributed by atoms with Gasteiger partial charge in [-0.15, -0.1) is 0 Å². The van der Waals surface area contributed by atoms with Crippen molar-refractivity contribution in [2.24, 2.45) is 5.14 Å². The molecule has 0 radical (unpaired) electrons. The monoisotopic (exact) mass is 214 g/mol. The number of hydrogen-bond donors (Lipinski definition) is 2. The smallest absolute Gasteiger partial charge is 0.143 e. The van der Waals surface area contributed by atoms with Crippen molar-refractivity contribution in [3.05, 3.63) is 18.2 Å². The summed E-state index contributed by atoms with van der Waals surface area (Å²) in [6.07, 6.45) is 0. The molecule has 0 spiro atoms. The number of ether oxygens (including phenoxy) is 1. The highest BCUT2D eigenvalue weighted by Gasteiger charge is 2.01. The molecule has 0 saturated carbocycles. The average molecular weight is 214 g/mol. The van der Waals surface area contributed by atoms with Crippen molar-refractivity contribution in [2.45, 2.75) is 18.7 Å². The molecule has 0 fully saturated rings. The SMILES string of the molecule is CC.CNc1ccc(SN)cc1OC. The second-order valence-electron chi connectivity index (χ2n) is 2.23. The summed E-state index contributed by atoms with van der Waals surface area (Å²) < 4.78 is 5.15. The number of rotatable bonds is 3. The first-order chi connectivity index (χ1) is 6.81. The van der Waals surface area contributed by atoms with Crippen LogP contribution < -0.4 is 15.2 Å². The van der Waals surface area contributed by atoms with E-state index in [0.29, 0.717) is 0 Å². The Balaban J connectivity index is 0.000000791. The van der Waals surface area contributed by atoms with Crippen molar-refractivity contribution >= 4 is 17.6 Å². The summed E-state index contributed by atoms with van der Waals surface area (Å²) in [7, 11) is 3.49. The van der Waals surface area contributed by atoms with Crippen LogP contribution in [0.4, 0.5) is 5.69 Å². The van der Waals surface area contributed by atoms with Crippen molar-refractivity contribution in [3.8, 4) is 5.75 Å². The summed E-state index contributed by atoms with van der Waals surface area (Å²) in [6, 6.07) is 5.78. The van der Waals surface area contributed by atoms with E-state index in [1.807, 2.05) is 39.1 Å². The van der Waals surface area contributed by atoms with Gasteiger partial charge in [0.15, 0.2) is 0 Å². The van der Waals surface area contributed by atoms with Crippen LogP contribution in [-0.2, 0) is 0 Å². The third-order valence-corrected chi connectivity index (χ3v) is 2.10. The van der Waals surface area contributed by atoms with E-state index in [0.717, 1.165) is 16.3 Å². The number of hydrogen-bond acceptors (Lipinski definition) is 4. The summed E-state index contributed by atoms with van der Waals surface area (Å²) in [5.41, 5.74) is 0.968. The predicted octanol–water partition coefficient (Wildman–Crippen LogP) is 2.73. The van der Waals surface area contributed by atoms with Crippen LogP contribution in [-0.4, -0.2) is 14.2 Å². The molecule has 1 rings (SSSR count). The minimum atomic E-state index is 0.813. The third kappa shape index (κ3) is 3.47. The van der Waals surface area contributed by atoms with Crippen LogP contribution in [0.3, 0.4) is 0 Å². The highest BCUT2D eigenvalue weighted by atomic mass is 32.2. The Morgan fingerprint density at radius 3 is 2.43 bits per heavy atom. The van der Waals surface area contributed by atoms with Gasteiger partial charge in [0.25, 0.3) is 0 Å². The molecule has 0 bridgehead atoms. The highest BCUT2D eigenvalue weighted by molar-refractivity contribution is 7.97. The highest BCUT2D eigenvalue weighted by Crippen LogP contribution is 2.27. The topological polar surface area (TPSA) is 47.3 Å². The van der Waals surface area contributed by atoms with Gasteiger partial charge in [0.1, 0.15) is 5.75 Å². The number of nitrogens with two attached hydrogens (primary N) is 1. The van der Waals surface area contributed by atoms with Gasteiger partial charge in [-0.2, -0.15) is 0 Å². The molecule has 4 heteroatoms. The quantitative estimate of drug-likeness (QED) is 0.759. The van der Waals surface area contributed by atoms with Gasteiger partial charge in [-0.1, -0.05) is 13.8 Å². The van der Waals surface area contributed by atoms with Gasteiger partial charge in [-0.3, -0.25) is 5.14 Å². The standard InChI is InChI=1S/C8H12N2OS.C2H6/c1-10-7-4-3-6(12-9)5-8(7)11-2;1-2/h3-5,10H,9H2,1-2H3;1-2H3. The van der Waals surface area contributed by atoms with Gasteiger partial charge in [-0.05, 0) is 30.1 Å². The average Bonchev–Trinajstić information content (AvgIpc) is 2.30. The summed E-state index contributed by atoms with van der Waals surface area (Å²) in [5, 5.41) is 8.43. The Bertz CT molecular complexity index is 266. The van der Waals surface area contributed by atoms with E-state index in [9.17, 15) is 0 Å². The predicted molar refractivity (Wildman–Crippen MR) is 63.9 cm³/mol. The number of anilines is 1. The molecule has 0 heterocycles. The van der Waals surface area contributed by atoms with E-state index in [2.05, 4.69) is 5.32 Å². The molecule has 3 nitrogen and oxygen atoms in total. The van der Waals surface area contributed by atoms with Crippen molar-refractivity contribution in [2.75, 3.05) is 19.5 Å². The summed E-state index contributed by atoms with van der Waals surface area (Å²) in [4.78, 5) is 0.992. The summed E-state index contributed by atoms with van der Waals surface area (Å²) in [6.45, 7) is 4.00. The largest absolute Gasteiger partial charge is 0.495 e. The molecular weight excluding hydrogens is 196 g/mol. The van der Waals surface area contributed by atoms with Crippen LogP contribution in [0.1, 0.15) is 13.8 Å². The normalized spacial score (nSPS) is 8.64. The minimum absolute atomic E-state index is 0.813. The van der Waals surface area contributed by atoms with E-state index < -0.39 is 0 Å². The Kier molecular flexibility index (Phi) is 7.06. The van der Waals surface area contributed by atoms with Gasteiger partial charge >= 0.3 is 0 Å². The molecular formula is C10H18N2OS. The summed E-state index contributed by atoms with van der Waals surface area (Å²) >= 11 is 1.21. The Hall–Kier alpha value is -0.870. The number of nitrogens with one attached hydrogen (secondary N) is 1. The molecule has 3 N–H and O–H groups in total. The fourth-order valence-electron chi connectivity index (χ4n) is 0.951. The Morgan fingerprint density at radius 1 is 1.36 bits per heavy atom. The van der Waals surface area contributed by atoms with E-state index >= 15 is 0 Å². The van der Waals surface area contributed by atoms with Crippen LogP contribution >= 0.6 is 11.9 Å². The first-order valence-corrected chi connectivity index (χ1v) is 5.42. The number of methoxy groups -OCH3 is 1. The lowest BCUT2D eigenvalue weighted by atomic mass is 10.3. The van der Waals surface area contributed by atoms with Gasteiger partial charge in [0, 0.05) is 11.9 Å². The lowest BCUT2D eigenvalue weighted by Crippen LogP contribution is -1.93. The van der Waals surface area contributed by atoms with Gasteiger partial charge < -0.3 is 10.1 Å². The maximum absolute atomic E-state index is 5.41. The molecule has 0 atom stereocenters. The van der Waals surface area contributed by atoms with Crippen molar-refractivity contribution in [1.82, 2.24) is 0 Å². The lowest BCUT2D eigenvalue weighted by molar-refractivity contribution is 0.415. The van der Waals surface area contributed by atoms with Crippen LogP contribution in [0.2, 0.25) is 0 Å². The van der Waals surface area contributed by atoms with E-state index in [-0.39, 0.29) is 0 Å². The fourth-order valence-corrected chi connectivity index (χ4v) is 1.27. The molecule has 0 aliphatic rings. The van der Waals surface area contributed by atoms with Crippen molar-refractivity contribution in [1.29, 1.82) is 0 Å². The van der Waals surface area contributed by atoms with Crippen LogP contribution in [0.15, 0.2) is 23.1 Å². The molecule has 0 saturated heterocycles. The fraction of sp³-hybridized carbons (Fsp3) is 0.400. The lowest BCUT2D eigenvalue weighted by Gasteiger charge is -2.08. The first kappa shape index (κ1) is 13.1. The Morgan fingerprint density at radius 2 is 2.00 bits per heavy atom. The Labute approximate surface area is 90.2 Å². The minimum Gasteiger partial charge on any atom is -0.495 e. The first-order valence-electron chi connectivity index (χ1n) is 4.54. The maximum Gasteiger partial charge on any atom is 0.143 e. The second-order valence-corrected chi connectivity index (χ2v) is 2.94. The summed E-state index contributed by atoms with van der Waals surface area (Å²) in [5.74, 6) is 0.813. The van der Waals surface area contributed by atoms with Crippen LogP contribution in [0.25, 0.3) is 0 Å². The molecule has 1 aromatic rings.